The van der Waals surface area contributed by atoms with E-state index in [0.717, 1.165) is 6.26 Å². The molecule has 0 heterocycles. The minimum absolute atomic E-state index is 0.309. The molecule has 0 aromatic rings. The maximum Gasteiger partial charge on any atom is 0.215 e. The van der Waals surface area contributed by atoms with Crippen LogP contribution in [0.25, 0.3) is 0 Å². The van der Waals surface area contributed by atoms with E-state index in [-0.39, 0.29) is 16.9 Å². The van der Waals surface area contributed by atoms with E-state index < -0.39 is 19.9 Å². The molecular formula is C11H26N2O4S2. The first-order valence-electron chi connectivity index (χ1n) is 6.29. The third kappa shape index (κ3) is 7.86. The van der Waals surface area contributed by atoms with Crippen LogP contribution < -0.4 is 5.73 Å². The summed E-state index contributed by atoms with van der Waals surface area (Å²) >= 11 is 0. The Kier molecular flexibility index (Phi) is 6.94. The summed E-state index contributed by atoms with van der Waals surface area (Å²) in [5, 5.41) is 0. The number of sulfonamides is 1. The fourth-order valence-electron chi connectivity index (χ4n) is 1.49. The van der Waals surface area contributed by atoms with E-state index in [2.05, 4.69) is 0 Å². The molecule has 8 heteroatoms. The van der Waals surface area contributed by atoms with Gasteiger partial charge >= 0.3 is 0 Å². The molecule has 0 saturated heterocycles. The minimum atomic E-state index is -3.56. The molecule has 0 aliphatic carbocycles. The lowest BCUT2D eigenvalue weighted by Crippen LogP contribution is -2.44. The number of sulfone groups is 1. The molecular weight excluding hydrogens is 288 g/mol. The first kappa shape index (κ1) is 18.8. The van der Waals surface area contributed by atoms with Gasteiger partial charge in [0.05, 0.1) is 11.5 Å². The van der Waals surface area contributed by atoms with Gasteiger partial charge in [-0.2, -0.15) is 0 Å². The molecule has 0 aliphatic rings. The van der Waals surface area contributed by atoms with Crippen molar-refractivity contribution in [3.05, 3.63) is 0 Å². The molecule has 0 aromatic carbocycles. The van der Waals surface area contributed by atoms with Gasteiger partial charge in [-0.15, -0.1) is 0 Å². The Morgan fingerprint density at radius 3 is 2.00 bits per heavy atom. The Bertz CT molecular complexity index is 469. The summed E-state index contributed by atoms with van der Waals surface area (Å²) in [6.07, 6.45) is 1.72. The maximum absolute atomic E-state index is 12.2. The second-order valence-corrected chi connectivity index (χ2v) is 10.00. The first-order valence-corrected chi connectivity index (χ1v) is 9.96. The topological polar surface area (TPSA) is 97.5 Å². The summed E-state index contributed by atoms with van der Waals surface area (Å²) in [4.78, 5) is 0. The van der Waals surface area contributed by atoms with E-state index in [0.29, 0.717) is 26.1 Å². The number of rotatable bonds is 9. The van der Waals surface area contributed by atoms with Crippen molar-refractivity contribution in [3.63, 3.8) is 0 Å². The number of hydrogen-bond acceptors (Lipinski definition) is 5. The Hall–Kier alpha value is -0.180. The van der Waals surface area contributed by atoms with Gasteiger partial charge in [0.15, 0.2) is 0 Å². The highest BCUT2D eigenvalue weighted by molar-refractivity contribution is 7.93. The molecule has 0 rings (SSSR count). The maximum atomic E-state index is 12.2. The average molecular weight is 314 g/mol. The Balaban J connectivity index is 4.96. The van der Waals surface area contributed by atoms with Gasteiger partial charge < -0.3 is 5.73 Å². The highest BCUT2D eigenvalue weighted by Crippen LogP contribution is 2.18. The van der Waals surface area contributed by atoms with Crippen LogP contribution in [0.3, 0.4) is 0 Å². The molecule has 0 amide bonds. The molecule has 19 heavy (non-hydrogen) atoms. The van der Waals surface area contributed by atoms with Gasteiger partial charge in [0.25, 0.3) is 0 Å². The third-order valence-electron chi connectivity index (χ3n) is 2.74. The zero-order valence-corrected chi connectivity index (χ0v) is 13.8. The molecule has 116 valence electrons. The standard InChI is InChI=1S/C11H26N2O4S2/c1-5-6-13(10-11(2,3)9-12)19(16,17)8-7-18(4,14)15/h5-10,12H2,1-4H3. The summed E-state index contributed by atoms with van der Waals surface area (Å²) in [6.45, 7) is 6.73. The van der Waals surface area contributed by atoms with Crippen molar-refractivity contribution in [2.45, 2.75) is 27.2 Å². The zero-order chi connectivity index (χ0) is 15.3. The lowest BCUT2D eigenvalue weighted by Gasteiger charge is -2.30. The van der Waals surface area contributed by atoms with E-state index in [1.54, 1.807) is 0 Å². The van der Waals surface area contributed by atoms with Crippen molar-refractivity contribution in [2.24, 2.45) is 11.1 Å². The van der Waals surface area contributed by atoms with E-state index in [9.17, 15) is 16.8 Å². The van der Waals surface area contributed by atoms with Gasteiger partial charge in [0, 0.05) is 19.3 Å². The van der Waals surface area contributed by atoms with Crippen molar-refractivity contribution in [1.29, 1.82) is 0 Å². The van der Waals surface area contributed by atoms with Crippen LogP contribution in [0.15, 0.2) is 0 Å². The molecule has 0 fully saturated rings. The van der Waals surface area contributed by atoms with Gasteiger partial charge in [0.1, 0.15) is 9.84 Å². The molecule has 0 radical (unpaired) electrons. The van der Waals surface area contributed by atoms with Crippen LogP contribution in [0.4, 0.5) is 0 Å². The zero-order valence-electron chi connectivity index (χ0n) is 12.2. The van der Waals surface area contributed by atoms with Crippen molar-refractivity contribution >= 4 is 19.9 Å². The summed E-state index contributed by atoms with van der Waals surface area (Å²) < 4.78 is 47.9. The molecule has 6 nitrogen and oxygen atoms in total. The molecule has 0 spiro atoms. The lowest BCUT2D eigenvalue weighted by molar-refractivity contribution is 0.267. The molecule has 0 unspecified atom stereocenters. The van der Waals surface area contributed by atoms with Crippen LogP contribution in [0.2, 0.25) is 0 Å². The van der Waals surface area contributed by atoms with Crippen LogP contribution >= 0.6 is 0 Å². The van der Waals surface area contributed by atoms with Gasteiger partial charge in [0.2, 0.25) is 10.0 Å². The monoisotopic (exact) mass is 314 g/mol. The highest BCUT2D eigenvalue weighted by atomic mass is 32.2. The van der Waals surface area contributed by atoms with Crippen LogP contribution in [0.5, 0.6) is 0 Å². The van der Waals surface area contributed by atoms with E-state index >= 15 is 0 Å². The Morgan fingerprint density at radius 1 is 1.11 bits per heavy atom. The predicted octanol–water partition coefficient (Wildman–Crippen LogP) is 0.0577. The Labute approximate surface area is 117 Å². The molecule has 0 aromatic heterocycles. The summed E-state index contributed by atoms with van der Waals surface area (Å²) in [5.41, 5.74) is 5.29. The van der Waals surface area contributed by atoms with Gasteiger partial charge in [-0.1, -0.05) is 20.8 Å². The molecule has 0 aliphatic heterocycles. The van der Waals surface area contributed by atoms with Crippen molar-refractivity contribution in [1.82, 2.24) is 4.31 Å². The van der Waals surface area contributed by atoms with Crippen molar-refractivity contribution < 1.29 is 16.8 Å². The molecule has 0 bridgehead atoms. The van der Waals surface area contributed by atoms with Gasteiger partial charge in [-0.05, 0) is 18.4 Å². The third-order valence-corrected chi connectivity index (χ3v) is 5.76. The smallest absolute Gasteiger partial charge is 0.215 e. The Morgan fingerprint density at radius 2 is 1.63 bits per heavy atom. The first-order chi connectivity index (χ1) is 8.43. The van der Waals surface area contributed by atoms with E-state index in [1.807, 2.05) is 20.8 Å². The van der Waals surface area contributed by atoms with Crippen LogP contribution in [-0.2, 0) is 19.9 Å². The molecule has 0 atom stereocenters. The highest BCUT2D eigenvalue weighted by Gasteiger charge is 2.28. The summed E-state index contributed by atoms with van der Waals surface area (Å²) in [5.74, 6) is -0.717. The van der Waals surface area contributed by atoms with Gasteiger partial charge in [-0.3, -0.25) is 0 Å². The lowest BCUT2D eigenvalue weighted by atomic mass is 9.94. The fraction of sp³-hybridized carbons (Fsp3) is 1.00. The van der Waals surface area contributed by atoms with Crippen LogP contribution in [0, 0.1) is 5.41 Å². The SMILES string of the molecule is CCCN(CC(C)(C)CN)S(=O)(=O)CCS(C)(=O)=O. The average Bonchev–Trinajstić information content (AvgIpc) is 2.25. The van der Waals surface area contributed by atoms with Crippen molar-refractivity contribution in [3.8, 4) is 0 Å². The van der Waals surface area contributed by atoms with E-state index in [4.69, 9.17) is 5.73 Å². The number of hydrogen-bond donors (Lipinski definition) is 1. The van der Waals surface area contributed by atoms with E-state index in [1.165, 1.54) is 4.31 Å². The second-order valence-electron chi connectivity index (χ2n) is 5.65. The van der Waals surface area contributed by atoms with Crippen LogP contribution in [-0.4, -0.2) is 58.5 Å². The number of nitrogens with zero attached hydrogens (tertiary/aromatic N) is 1. The summed E-state index contributed by atoms with van der Waals surface area (Å²) in [6, 6.07) is 0. The predicted molar refractivity (Wildman–Crippen MR) is 78.2 cm³/mol. The largest absolute Gasteiger partial charge is 0.330 e. The molecule has 2 N–H and O–H groups in total. The number of nitrogens with two attached hydrogens (primary N) is 1. The van der Waals surface area contributed by atoms with Crippen LogP contribution in [0.1, 0.15) is 27.2 Å². The van der Waals surface area contributed by atoms with Gasteiger partial charge in [-0.25, -0.2) is 21.1 Å². The fourth-order valence-corrected chi connectivity index (χ4v) is 4.81. The minimum Gasteiger partial charge on any atom is -0.330 e. The normalized spacial score (nSPS) is 14.0. The quantitative estimate of drug-likeness (QED) is 0.649. The van der Waals surface area contributed by atoms with Crippen molar-refractivity contribution in [2.75, 3.05) is 37.4 Å². The molecule has 0 saturated carbocycles. The summed E-state index contributed by atoms with van der Waals surface area (Å²) in [7, 11) is -6.85. The second kappa shape index (κ2) is 7.01.